The van der Waals surface area contributed by atoms with Crippen LogP contribution in [0.15, 0.2) is 24.3 Å². The van der Waals surface area contributed by atoms with Gasteiger partial charge in [0.25, 0.3) is 0 Å². The Morgan fingerprint density at radius 3 is 2.62 bits per heavy atom. The molecule has 0 saturated heterocycles. The minimum atomic E-state index is -1.37. The summed E-state index contributed by atoms with van der Waals surface area (Å²) >= 11 is 0. The van der Waals surface area contributed by atoms with E-state index in [0.29, 0.717) is 6.42 Å². The zero-order valence-electron chi connectivity index (χ0n) is 12.2. The Kier molecular flexibility index (Phi) is 4.80. The normalized spacial score (nSPS) is 17.3. The summed E-state index contributed by atoms with van der Waals surface area (Å²) in [5, 5.41) is 9.58. The van der Waals surface area contributed by atoms with Gasteiger partial charge in [0.2, 0.25) is 0 Å². The highest BCUT2D eigenvalue weighted by Crippen LogP contribution is 2.42. The summed E-state index contributed by atoms with van der Waals surface area (Å²) in [4.78, 5) is 12.9. The lowest BCUT2D eigenvalue weighted by molar-refractivity contribution is -0.206. The Hall–Kier alpha value is -1.66. The molecule has 0 radical (unpaired) electrons. The van der Waals surface area contributed by atoms with Crippen molar-refractivity contribution in [1.82, 2.24) is 4.90 Å². The van der Waals surface area contributed by atoms with E-state index in [-0.39, 0.29) is 18.4 Å². The second-order valence-corrected chi connectivity index (χ2v) is 5.05. The van der Waals surface area contributed by atoms with Crippen LogP contribution in [0.1, 0.15) is 31.7 Å². The van der Waals surface area contributed by atoms with E-state index >= 15 is 0 Å². The molecule has 0 aromatic heterocycles. The molecule has 0 unspecified atom stereocenters. The molecule has 1 aliphatic carbocycles. The third-order valence-corrected chi connectivity index (χ3v) is 3.70. The van der Waals surface area contributed by atoms with Crippen LogP contribution in [0.4, 0.5) is 9.18 Å². The van der Waals surface area contributed by atoms with Crippen LogP contribution in [0.25, 0.3) is 0 Å². The number of amides is 1. The largest absolute Gasteiger partial charge is 0.465 e. The van der Waals surface area contributed by atoms with E-state index in [1.807, 2.05) is 0 Å². The second-order valence-electron chi connectivity index (χ2n) is 5.05. The number of methoxy groups -OCH3 is 1. The molecule has 1 amide bonds. The predicted molar refractivity (Wildman–Crippen MR) is 74.2 cm³/mol. The van der Waals surface area contributed by atoms with Gasteiger partial charge in [-0.25, -0.2) is 9.18 Å². The lowest BCUT2D eigenvalue weighted by Gasteiger charge is -2.42. The lowest BCUT2D eigenvalue weighted by atomic mass is 9.97. The minimum Gasteiger partial charge on any atom is -0.465 e. The summed E-state index contributed by atoms with van der Waals surface area (Å²) in [6.07, 6.45) is 0.705. The zero-order chi connectivity index (χ0) is 15.5. The number of benzene rings is 1. The van der Waals surface area contributed by atoms with Crippen molar-refractivity contribution in [3.05, 3.63) is 35.6 Å². The van der Waals surface area contributed by atoms with Crippen molar-refractivity contribution in [2.24, 2.45) is 0 Å². The maximum Gasteiger partial charge on any atom is 0.410 e. The molecule has 2 rings (SSSR count). The van der Waals surface area contributed by atoms with Crippen molar-refractivity contribution in [3.63, 3.8) is 0 Å². The maximum atomic E-state index is 14.3. The van der Waals surface area contributed by atoms with Crippen molar-refractivity contribution in [1.29, 1.82) is 0 Å². The van der Waals surface area contributed by atoms with Gasteiger partial charge in [0, 0.05) is 18.7 Å². The number of carboxylic acid groups (broad SMARTS) is 1. The first kappa shape index (κ1) is 15.7. The number of ether oxygens (including phenoxy) is 2. The quantitative estimate of drug-likeness (QED) is 0.785. The van der Waals surface area contributed by atoms with Crippen LogP contribution in [0, 0.1) is 5.82 Å². The third kappa shape index (κ3) is 3.01. The monoisotopic (exact) mass is 297 g/mol. The highest BCUT2D eigenvalue weighted by molar-refractivity contribution is 5.67. The number of carbonyl (C=O) groups is 1. The van der Waals surface area contributed by atoms with Crippen LogP contribution in [-0.4, -0.2) is 36.0 Å². The summed E-state index contributed by atoms with van der Waals surface area (Å²) in [7, 11) is 1.45. The van der Waals surface area contributed by atoms with E-state index in [0.717, 1.165) is 12.8 Å². The fourth-order valence-electron chi connectivity index (χ4n) is 2.61. The molecule has 1 atom stereocenters. The molecule has 21 heavy (non-hydrogen) atoms. The summed E-state index contributed by atoms with van der Waals surface area (Å²) in [5.41, 5.74) is -1.15. The molecule has 1 fully saturated rings. The van der Waals surface area contributed by atoms with Crippen molar-refractivity contribution in [2.45, 2.75) is 38.0 Å². The Bertz CT molecular complexity index is 506. The van der Waals surface area contributed by atoms with E-state index in [1.54, 1.807) is 25.1 Å². The van der Waals surface area contributed by atoms with E-state index in [2.05, 4.69) is 0 Å². The van der Waals surface area contributed by atoms with Gasteiger partial charge >= 0.3 is 6.09 Å². The van der Waals surface area contributed by atoms with E-state index in [4.69, 9.17) is 9.47 Å². The molecule has 1 aliphatic rings. The van der Waals surface area contributed by atoms with Gasteiger partial charge < -0.3 is 14.6 Å². The molecule has 1 saturated carbocycles. The van der Waals surface area contributed by atoms with E-state index < -0.39 is 17.6 Å². The first-order valence-electron chi connectivity index (χ1n) is 6.97. The van der Waals surface area contributed by atoms with Gasteiger partial charge in [-0.05, 0) is 25.3 Å². The zero-order valence-corrected chi connectivity index (χ0v) is 12.2. The van der Waals surface area contributed by atoms with Gasteiger partial charge in [-0.2, -0.15) is 0 Å². The smallest absolute Gasteiger partial charge is 0.410 e. The maximum absolute atomic E-state index is 14.3. The van der Waals surface area contributed by atoms with Gasteiger partial charge in [-0.1, -0.05) is 25.1 Å². The van der Waals surface area contributed by atoms with Crippen LogP contribution in [0.2, 0.25) is 0 Å². The molecular weight excluding hydrogens is 277 g/mol. The SMILES string of the molecule is CC[C@](OCOC)(c1ccccc1F)N(C(=O)O)C1CC1. The van der Waals surface area contributed by atoms with Crippen molar-refractivity contribution >= 4 is 6.09 Å². The lowest BCUT2D eigenvalue weighted by Crippen LogP contribution is -2.52. The average Bonchev–Trinajstić information content (AvgIpc) is 3.28. The van der Waals surface area contributed by atoms with E-state index in [9.17, 15) is 14.3 Å². The van der Waals surface area contributed by atoms with Crippen molar-refractivity contribution in [3.8, 4) is 0 Å². The van der Waals surface area contributed by atoms with Crippen molar-refractivity contribution < 1.29 is 23.8 Å². The van der Waals surface area contributed by atoms with Gasteiger partial charge in [-0.15, -0.1) is 0 Å². The van der Waals surface area contributed by atoms with Crippen LogP contribution in [-0.2, 0) is 15.2 Å². The van der Waals surface area contributed by atoms with Crippen LogP contribution < -0.4 is 0 Å². The highest BCUT2D eigenvalue weighted by atomic mass is 19.1. The number of halogens is 1. The number of rotatable bonds is 7. The predicted octanol–water partition coefficient (Wildman–Crippen LogP) is 3.15. The molecule has 0 aliphatic heterocycles. The number of hydrogen-bond donors (Lipinski definition) is 1. The molecule has 1 aromatic carbocycles. The highest BCUT2D eigenvalue weighted by Gasteiger charge is 2.49. The van der Waals surface area contributed by atoms with Gasteiger partial charge in [0.05, 0.1) is 0 Å². The molecule has 0 bridgehead atoms. The average molecular weight is 297 g/mol. The van der Waals surface area contributed by atoms with Gasteiger partial charge in [0.15, 0.2) is 5.72 Å². The fourth-order valence-corrected chi connectivity index (χ4v) is 2.61. The van der Waals surface area contributed by atoms with Gasteiger partial charge in [-0.3, -0.25) is 4.90 Å². The summed E-state index contributed by atoms with van der Waals surface area (Å²) in [6.45, 7) is 1.67. The number of nitrogens with zero attached hydrogens (tertiary/aromatic N) is 1. The Balaban J connectivity index is 2.51. The molecule has 0 spiro atoms. The summed E-state index contributed by atoms with van der Waals surface area (Å²) in [6, 6.07) is 5.97. The molecule has 5 nitrogen and oxygen atoms in total. The molecule has 1 N–H and O–H groups in total. The third-order valence-electron chi connectivity index (χ3n) is 3.70. The fraction of sp³-hybridized carbons (Fsp3) is 0.533. The van der Waals surface area contributed by atoms with Crippen LogP contribution in [0.5, 0.6) is 0 Å². The van der Waals surface area contributed by atoms with Crippen LogP contribution >= 0.6 is 0 Å². The van der Waals surface area contributed by atoms with Crippen molar-refractivity contribution in [2.75, 3.05) is 13.9 Å². The van der Waals surface area contributed by atoms with Crippen LogP contribution in [0.3, 0.4) is 0 Å². The first-order valence-corrected chi connectivity index (χ1v) is 6.97. The topological polar surface area (TPSA) is 59.0 Å². The summed E-state index contributed by atoms with van der Waals surface area (Å²) in [5.74, 6) is -0.484. The number of hydrogen-bond acceptors (Lipinski definition) is 3. The molecular formula is C15H20FNO4. The molecule has 116 valence electrons. The Morgan fingerprint density at radius 1 is 1.48 bits per heavy atom. The Morgan fingerprint density at radius 2 is 2.14 bits per heavy atom. The first-order chi connectivity index (χ1) is 10.1. The standard InChI is InChI=1S/C15H20FNO4/c1-3-15(21-10-20-2,12-6-4-5-7-13(12)16)17(14(18)19)11-8-9-11/h4-7,11H,3,8-10H2,1-2H3,(H,18,19)/t15-/m0/s1. The second kappa shape index (κ2) is 6.41. The molecule has 1 aromatic rings. The minimum absolute atomic E-state index is 0.112. The van der Waals surface area contributed by atoms with Gasteiger partial charge in [0.1, 0.15) is 12.6 Å². The molecule has 0 heterocycles. The molecule has 6 heteroatoms. The summed E-state index contributed by atoms with van der Waals surface area (Å²) < 4.78 is 24.9. The van der Waals surface area contributed by atoms with E-state index in [1.165, 1.54) is 18.1 Å². The Labute approximate surface area is 123 Å².